The molecule has 0 fully saturated rings. The predicted octanol–water partition coefficient (Wildman–Crippen LogP) is 4.75. The molecule has 0 amide bonds. The molecule has 0 spiro atoms. The van der Waals surface area contributed by atoms with Gasteiger partial charge in [0.2, 0.25) is 0 Å². The molecule has 1 aromatic carbocycles. The van der Waals surface area contributed by atoms with Crippen LogP contribution in [-0.2, 0) is 0 Å². The molecule has 1 atom stereocenters. The average molecular weight is 286 g/mol. The van der Waals surface area contributed by atoms with Gasteiger partial charge in [0.1, 0.15) is 0 Å². The van der Waals surface area contributed by atoms with E-state index < -0.39 is 0 Å². The molecule has 0 aliphatic rings. The summed E-state index contributed by atoms with van der Waals surface area (Å²) in [4.78, 5) is 1.26. The second kappa shape index (κ2) is 5.87. The molecule has 1 aromatic heterocycles. The minimum atomic E-state index is 0.143. The van der Waals surface area contributed by atoms with Crippen molar-refractivity contribution in [2.24, 2.45) is 0 Å². The van der Waals surface area contributed by atoms with Crippen LogP contribution in [0.2, 0.25) is 10.0 Å². The summed E-state index contributed by atoms with van der Waals surface area (Å²) < 4.78 is 0. The van der Waals surface area contributed by atoms with Gasteiger partial charge in [0, 0.05) is 14.9 Å². The van der Waals surface area contributed by atoms with Crippen LogP contribution in [0.25, 0.3) is 0 Å². The zero-order valence-electron chi connectivity index (χ0n) is 9.41. The van der Waals surface area contributed by atoms with Gasteiger partial charge in [0.15, 0.2) is 0 Å². The Hall–Kier alpha value is -0.540. The molecular formula is C13H13Cl2NS. The molecule has 0 saturated carbocycles. The van der Waals surface area contributed by atoms with E-state index >= 15 is 0 Å². The zero-order chi connectivity index (χ0) is 12.3. The molecular weight excluding hydrogens is 273 g/mol. The van der Waals surface area contributed by atoms with E-state index in [9.17, 15) is 0 Å². The number of thiophene rings is 1. The zero-order valence-corrected chi connectivity index (χ0v) is 11.7. The van der Waals surface area contributed by atoms with Crippen LogP contribution in [0.3, 0.4) is 0 Å². The largest absolute Gasteiger partial charge is 0.306 e. The Morgan fingerprint density at radius 1 is 1.29 bits per heavy atom. The highest BCUT2D eigenvalue weighted by molar-refractivity contribution is 7.10. The van der Waals surface area contributed by atoms with Crippen LogP contribution in [0.4, 0.5) is 0 Å². The van der Waals surface area contributed by atoms with Crippen LogP contribution >= 0.6 is 34.5 Å². The van der Waals surface area contributed by atoms with Gasteiger partial charge >= 0.3 is 0 Å². The minimum Gasteiger partial charge on any atom is -0.306 e. The van der Waals surface area contributed by atoms with Crippen LogP contribution in [0.1, 0.15) is 23.4 Å². The van der Waals surface area contributed by atoms with Gasteiger partial charge in [-0.3, -0.25) is 0 Å². The van der Waals surface area contributed by atoms with E-state index in [1.165, 1.54) is 4.88 Å². The van der Waals surface area contributed by atoms with Crippen LogP contribution < -0.4 is 5.32 Å². The van der Waals surface area contributed by atoms with E-state index in [1.807, 2.05) is 18.2 Å². The predicted molar refractivity (Wildman–Crippen MR) is 76.3 cm³/mol. The summed E-state index contributed by atoms with van der Waals surface area (Å²) in [6.45, 7) is 2.98. The van der Waals surface area contributed by atoms with Crippen molar-refractivity contribution in [1.82, 2.24) is 5.32 Å². The normalized spacial score (nSPS) is 12.6. The lowest BCUT2D eigenvalue weighted by Crippen LogP contribution is -2.21. The summed E-state index contributed by atoms with van der Waals surface area (Å²) in [5.74, 6) is 0. The first-order valence-electron chi connectivity index (χ1n) is 5.44. The van der Waals surface area contributed by atoms with Gasteiger partial charge < -0.3 is 5.32 Å². The lowest BCUT2D eigenvalue weighted by atomic mass is 10.1. The third kappa shape index (κ3) is 3.02. The average Bonchev–Trinajstić information content (AvgIpc) is 2.80. The molecule has 0 radical (unpaired) electrons. The number of nitrogens with one attached hydrogen (secondary N) is 1. The molecule has 4 heteroatoms. The monoisotopic (exact) mass is 285 g/mol. The summed E-state index contributed by atoms with van der Waals surface area (Å²) in [5.41, 5.74) is 1.07. The molecule has 0 aliphatic carbocycles. The maximum absolute atomic E-state index is 6.26. The topological polar surface area (TPSA) is 12.0 Å². The quantitative estimate of drug-likeness (QED) is 0.855. The van der Waals surface area contributed by atoms with Gasteiger partial charge in [-0.2, -0.15) is 0 Å². The number of hydrogen-bond donors (Lipinski definition) is 1. The smallest absolute Gasteiger partial charge is 0.0685 e. The van der Waals surface area contributed by atoms with Crippen molar-refractivity contribution < 1.29 is 0 Å². The van der Waals surface area contributed by atoms with Gasteiger partial charge in [-0.25, -0.2) is 0 Å². The van der Waals surface area contributed by atoms with Crippen molar-refractivity contribution in [3.05, 3.63) is 56.2 Å². The fraction of sp³-hybridized carbons (Fsp3) is 0.231. The first-order valence-corrected chi connectivity index (χ1v) is 7.07. The number of rotatable bonds is 4. The van der Waals surface area contributed by atoms with Crippen molar-refractivity contribution >= 4 is 34.5 Å². The van der Waals surface area contributed by atoms with Crippen molar-refractivity contribution in [3.8, 4) is 0 Å². The number of benzene rings is 1. The van der Waals surface area contributed by atoms with Crippen LogP contribution in [0.15, 0.2) is 35.7 Å². The van der Waals surface area contributed by atoms with Crippen LogP contribution in [0, 0.1) is 0 Å². The molecule has 0 aliphatic heterocycles. The summed E-state index contributed by atoms with van der Waals surface area (Å²) in [5, 5.41) is 6.89. The first-order chi connectivity index (χ1) is 8.22. The second-order valence-electron chi connectivity index (χ2n) is 3.67. The molecule has 1 nitrogen and oxygen atoms in total. The lowest BCUT2D eigenvalue weighted by Gasteiger charge is -2.18. The van der Waals surface area contributed by atoms with Crippen molar-refractivity contribution in [2.45, 2.75) is 13.0 Å². The van der Waals surface area contributed by atoms with E-state index in [1.54, 1.807) is 17.4 Å². The van der Waals surface area contributed by atoms with E-state index in [2.05, 4.69) is 23.7 Å². The van der Waals surface area contributed by atoms with E-state index in [-0.39, 0.29) is 6.04 Å². The van der Waals surface area contributed by atoms with Crippen molar-refractivity contribution in [2.75, 3.05) is 6.54 Å². The Bertz CT molecular complexity index is 482. The highest BCUT2D eigenvalue weighted by atomic mass is 35.5. The maximum atomic E-state index is 6.26. The Morgan fingerprint density at radius 3 is 2.71 bits per heavy atom. The summed E-state index contributed by atoms with van der Waals surface area (Å²) in [6, 6.07) is 9.95. The minimum absolute atomic E-state index is 0.143. The van der Waals surface area contributed by atoms with Gasteiger partial charge in [-0.05, 0) is 35.7 Å². The Labute approximate surface area is 115 Å². The molecule has 1 unspecified atom stereocenters. The highest BCUT2D eigenvalue weighted by Crippen LogP contribution is 2.32. The lowest BCUT2D eigenvalue weighted by molar-refractivity contribution is 0.640. The molecule has 1 heterocycles. The summed E-state index contributed by atoms with van der Waals surface area (Å²) in [6.07, 6.45) is 0. The fourth-order valence-electron chi connectivity index (χ4n) is 1.76. The molecule has 0 bridgehead atoms. The van der Waals surface area contributed by atoms with Crippen molar-refractivity contribution in [1.29, 1.82) is 0 Å². The van der Waals surface area contributed by atoms with Gasteiger partial charge in [0.05, 0.1) is 6.04 Å². The Balaban J connectivity index is 2.39. The van der Waals surface area contributed by atoms with E-state index in [0.29, 0.717) is 10.0 Å². The third-order valence-corrected chi connectivity index (χ3v) is 4.01. The Morgan fingerprint density at radius 2 is 2.12 bits per heavy atom. The van der Waals surface area contributed by atoms with E-state index in [0.717, 1.165) is 12.1 Å². The summed E-state index contributed by atoms with van der Waals surface area (Å²) >= 11 is 13.9. The number of halogens is 2. The fourth-order valence-corrected chi connectivity index (χ4v) is 3.09. The second-order valence-corrected chi connectivity index (χ2v) is 5.49. The molecule has 90 valence electrons. The standard InChI is InChI=1S/C13H13Cl2NS/c1-2-16-13(12-4-3-7-17-12)10-6-5-9(14)8-11(10)15/h3-8,13,16H,2H2,1H3. The van der Waals surface area contributed by atoms with Gasteiger partial charge in [-0.1, -0.05) is 42.3 Å². The Kier molecular flexibility index (Phi) is 4.46. The van der Waals surface area contributed by atoms with Crippen molar-refractivity contribution in [3.63, 3.8) is 0 Å². The SMILES string of the molecule is CCNC(c1cccs1)c1ccc(Cl)cc1Cl. The molecule has 17 heavy (non-hydrogen) atoms. The van der Waals surface area contributed by atoms with Crippen LogP contribution in [0.5, 0.6) is 0 Å². The molecule has 2 rings (SSSR count). The first kappa shape index (κ1) is 12.9. The maximum Gasteiger partial charge on any atom is 0.0685 e. The van der Waals surface area contributed by atoms with E-state index in [4.69, 9.17) is 23.2 Å². The third-order valence-electron chi connectivity index (χ3n) is 2.51. The van der Waals surface area contributed by atoms with Gasteiger partial charge in [0.25, 0.3) is 0 Å². The summed E-state index contributed by atoms with van der Waals surface area (Å²) in [7, 11) is 0. The number of hydrogen-bond acceptors (Lipinski definition) is 2. The molecule has 2 aromatic rings. The molecule has 0 saturated heterocycles. The van der Waals surface area contributed by atoms with Crippen LogP contribution in [-0.4, -0.2) is 6.54 Å². The molecule has 1 N–H and O–H groups in total. The highest BCUT2D eigenvalue weighted by Gasteiger charge is 2.16. The van der Waals surface area contributed by atoms with Gasteiger partial charge in [-0.15, -0.1) is 11.3 Å².